The highest BCUT2D eigenvalue weighted by Gasteiger charge is 2.31. The molecular formula is C11H18ClN3O3S. The normalized spacial score (nSPS) is 20.3. The van der Waals surface area contributed by atoms with Crippen LogP contribution in [-0.2, 0) is 21.8 Å². The van der Waals surface area contributed by atoms with E-state index in [1.165, 1.54) is 15.2 Å². The van der Waals surface area contributed by atoms with Gasteiger partial charge in [-0.15, -0.1) is 0 Å². The molecule has 0 aromatic carbocycles. The van der Waals surface area contributed by atoms with Crippen LogP contribution in [0.5, 0.6) is 0 Å². The van der Waals surface area contributed by atoms with Crippen molar-refractivity contribution in [2.24, 2.45) is 13.0 Å². The summed E-state index contributed by atoms with van der Waals surface area (Å²) in [6.07, 6.45) is 2.30. The number of halogens is 1. The van der Waals surface area contributed by atoms with Gasteiger partial charge in [0, 0.05) is 26.7 Å². The van der Waals surface area contributed by atoms with Gasteiger partial charge in [0.05, 0.1) is 12.9 Å². The zero-order valence-electron chi connectivity index (χ0n) is 11.0. The quantitative estimate of drug-likeness (QED) is 0.818. The van der Waals surface area contributed by atoms with Gasteiger partial charge in [-0.25, -0.2) is 13.4 Å². The number of hydrogen-bond acceptors (Lipinski definition) is 4. The Kier molecular flexibility index (Phi) is 4.50. The Morgan fingerprint density at radius 1 is 1.63 bits per heavy atom. The van der Waals surface area contributed by atoms with Crippen molar-refractivity contribution >= 4 is 21.6 Å². The molecule has 0 amide bonds. The molecule has 8 heteroatoms. The van der Waals surface area contributed by atoms with E-state index in [2.05, 4.69) is 4.98 Å². The van der Waals surface area contributed by atoms with E-state index in [1.807, 2.05) is 6.92 Å². The van der Waals surface area contributed by atoms with Crippen LogP contribution in [0.25, 0.3) is 0 Å². The molecule has 1 atom stereocenters. The van der Waals surface area contributed by atoms with Crippen molar-refractivity contribution in [2.45, 2.75) is 18.4 Å². The molecule has 108 valence electrons. The van der Waals surface area contributed by atoms with E-state index in [0.717, 1.165) is 6.42 Å². The van der Waals surface area contributed by atoms with Crippen molar-refractivity contribution in [3.63, 3.8) is 0 Å². The molecule has 1 unspecified atom stereocenters. The summed E-state index contributed by atoms with van der Waals surface area (Å²) in [6.45, 7) is 3.97. The Morgan fingerprint density at radius 2 is 2.37 bits per heavy atom. The standard InChI is InChI=1S/C11H18ClN3O3S/c1-3-15(6-9-4-5-18-7-9)19(16,17)11-10(12)14(2)8-13-11/h8-9H,3-7H2,1-2H3. The Morgan fingerprint density at radius 3 is 2.84 bits per heavy atom. The number of aromatic nitrogens is 2. The highest BCUT2D eigenvalue weighted by molar-refractivity contribution is 7.89. The van der Waals surface area contributed by atoms with Crippen molar-refractivity contribution in [1.29, 1.82) is 0 Å². The largest absolute Gasteiger partial charge is 0.381 e. The summed E-state index contributed by atoms with van der Waals surface area (Å²) >= 11 is 5.98. The Hall–Kier alpha value is -0.630. The monoisotopic (exact) mass is 307 g/mol. The van der Waals surface area contributed by atoms with Crippen LogP contribution in [0.1, 0.15) is 13.3 Å². The third-order valence-corrected chi connectivity index (χ3v) is 5.69. The molecule has 1 aliphatic heterocycles. The van der Waals surface area contributed by atoms with Crippen molar-refractivity contribution in [3.8, 4) is 0 Å². The van der Waals surface area contributed by atoms with Gasteiger partial charge in [-0.1, -0.05) is 18.5 Å². The average molecular weight is 308 g/mol. The van der Waals surface area contributed by atoms with E-state index >= 15 is 0 Å². The summed E-state index contributed by atoms with van der Waals surface area (Å²) in [5, 5.41) is 0.0681. The molecular weight excluding hydrogens is 290 g/mol. The van der Waals surface area contributed by atoms with E-state index in [4.69, 9.17) is 16.3 Å². The summed E-state index contributed by atoms with van der Waals surface area (Å²) in [6, 6.07) is 0. The molecule has 0 N–H and O–H groups in total. The number of aryl methyl sites for hydroxylation is 1. The lowest BCUT2D eigenvalue weighted by molar-refractivity contribution is 0.180. The lowest BCUT2D eigenvalue weighted by atomic mass is 10.1. The zero-order chi connectivity index (χ0) is 14.0. The van der Waals surface area contributed by atoms with E-state index in [9.17, 15) is 8.42 Å². The van der Waals surface area contributed by atoms with Gasteiger partial charge in [-0.2, -0.15) is 4.31 Å². The maximum Gasteiger partial charge on any atom is 0.263 e. The second kappa shape index (κ2) is 5.78. The van der Waals surface area contributed by atoms with Gasteiger partial charge in [0.25, 0.3) is 10.0 Å². The Labute approximate surface area is 118 Å². The number of rotatable bonds is 5. The minimum atomic E-state index is -3.63. The second-order valence-corrected chi connectivity index (χ2v) is 6.85. The molecule has 0 radical (unpaired) electrons. The maximum atomic E-state index is 12.5. The number of sulfonamides is 1. The third kappa shape index (κ3) is 2.94. The Balaban J connectivity index is 2.22. The van der Waals surface area contributed by atoms with Crippen LogP contribution < -0.4 is 0 Å². The van der Waals surface area contributed by atoms with Crippen molar-refractivity contribution in [3.05, 3.63) is 11.5 Å². The zero-order valence-corrected chi connectivity index (χ0v) is 12.6. The first-order chi connectivity index (χ1) is 8.96. The molecule has 1 saturated heterocycles. The first kappa shape index (κ1) is 14.8. The van der Waals surface area contributed by atoms with Gasteiger partial charge >= 0.3 is 0 Å². The summed E-state index contributed by atoms with van der Waals surface area (Å²) in [4.78, 5) is 3.90. The lowest BCUT2D eigenvalue weighted by Crippen LogP contribution is -2.35. The smallest absolute Gasteiger partial charge is 0.263 e. The van der Waals surface area contributed by atoms with Crippen LogP contribution in [0.4, 0.5) is 0 Å². The van der Waals surface area contributed by atoms with Crippen molar-refractivity contribution in [1.82, 2.24) is 13.9 Å². The summed E-state index contributed by atoms with van der Waals surface area (Å²) < 4.78 is 33.2. The number of hydrogen-bond donors (Lipinski definition) is 0. The van der Waals surface area contributed by atoms with Crippen LogP contribution in [-0.4, -0.2) is 48.6 Å². The fourth-order valence-corrected chi connectivity index (χ4v) is 4.02. The molecule has 1 aromatic rings. The minimum Gasteiger partial charge on any atom is -0.381 e. The molecule has 19 heavy (non-hydrogen) atoms. The highest BCUT2D eigenvalue weighted by Crippen LogP contribution is 2.24. The molecule has 6 nitrogen and oxygen atoms in total. The first-order valence-corrected chi connectivity index (χ1v) is 8.03. The van der Waals surface area contributed by atoms with Gasteiger partial charge in [0.2, 0.25) is 5.03 Å². The third-order valence-electron chi connectivity index (χ3n) is 3.26. The molecule has 1 aromatic heterocycles. The fourth-order valence-electron chi connectivity index (χ4n) is 2.10. The van der Waals surface area contributed by atoms with Crippen LogP contribution in [0.15, 0.2) is 11.4 Å². The minimum absolute atomic E-state index is 0.0718. The van der Waals surface area contributed by atoms with Gasteiger partial charge in [0.15, 0.2) is 0 Å². The average Bonchev–Trinajstić information content (AvgIpc) is 2.98. The van der Waals surface area contributed by atoms with Crippen LogP contribution in [0.2, 0.25) is 5.15 Å². The maximum absolute atomic E-state index is 12.5. The lowest BCUT2D eigenvalue weighted by Gasteiger charge is -2.22. The van der Waals surface area contributed by atoms with Crippen LogP contribution >= 0.6 is 11.6 Å². The van der Waals surface area contributed by atoms with Gasteiger partial charge < -0.3 is 9.30 Å². The summed E-state index contributed by atoms with van der Waals surface area (Å²) in [7, 11) is -1.97. The van der Waals surface area contributed by atoms with Crippen molar-refractivity contribution < 1.29 is 13.2 Å². The molecule has 1 aliphatic rings. The van der Waals surface area contributed by atoms with Crippen LogP contribution in [0, 0.1) is 5.92 Å². The summed E-state index contributed by atoms with van der Waals surface area (Å²) in [5.74, 6) is 0.247. The SMILES string of the molecule is CCN(CC1CCOC1)S(=O)(=O)c1ncn(C)c1Cl. The van der Waals surface area contributed by atoms with E-state index in [-0.39, 0.29) is 16.1 Å². The van der Waals surface area contributed by atoms with E-state index in [1.54, 1.807) is 7.05 Å². The van der Waals surface area contributed by atoms with Gasteiger partial charge in [-0.3, -0.25) is 0 Å². The van der Waals surface area contributed by atoms with Gasteiger partial charge in [-0.05, 0) is 12.3 Å². The Bertz CT molecular complexity index is 537. The molecule has 0 saturated carbocycles. The predicted molar refractivity (Wildman–Crippen MR) is 71.6 cm³/mol. The predicted octanol–water partition coefficient (Wildman–Crippen LogP) is 1.12. The molecule has 2 heterocycles. The number of imidazole rings is 1. The summed E-state index contributed by atoms with van der Waals surface area (Å²) in [5.41, 5.74) is 0. The van der Waals surface area contributed by atoms with E-state index in [0.29, 0.717) is 26.3 Å². The molecule has 0 spiro atoms. The van der Waals surface area contributed by atoms with E-state index < -0.39 is 10.0 Å². The first-order valence-electron chi connectivity index (χ1n) is 6.21. The highest BCUT2D eigenvalue weighted by atomic mass is 35.5. The molecule has 1 fully saturated rings. The van der Waals surface area contributed by atoms with Crippen LogP contribution in [0.3, 0.4) is 0 Å². The van der Waals surface area contributed by atoms with Gasteiger partial charge in [0.1, 0.15) is 5.15 Å². The molecule has 2 rings (SSSR count). The second-order valence-electron chi connectivity index (χ2n) is 4.64. The number of nitrogens with zero attached hydrogens (tertiary/aromatic N) is 3. The van der Waals surface area contributed by atoms with Crippen molar-refractivity contribution in [2.75, 3.05) is 26.3 Å². The number of ether oxygens (including phenoxy) is 1. The topological polar surface area (TPSA) is 64.4 Å². The molecule has 0 bridgehead atoms. The molecule has 0 aliphatic carbocycles. The fraction of sp³-hybridized carbons (Fsp3) is 0.727.